The summed E-state index contributed by atoms with van der Waals surface area (Å²) in [4.78, 5) is 4.28. The maximum absolute atomic E-state index is 4.69. The van der Waals surface area contributed by atoms with E-state index in [2.05, 4.69) is 22.4 Å². The van der Waals surface area contributed by atoms with E-state index in [1.54, 1.807) is 6.20 Å². The number of hydrazone groups is 1. The van der Waals surface area contributed by atoms with Crippen molar-refractivity contribution < 1.29 is 0 Å². The van der Waals surface area contributed by atoms with E-state index in [9.17, 15) is 0 Å². The summed E-state index contributed by atoms with van der Waals surface area (Å²) in [6, 6.07) is 5.89. The van der Waals surface area contributed by atoms with Crippen LogP contribution in [0.5, 0.6) is 0 Å². The Labute approximate surface area is 120 Å². The summed E-state index contributed by atoms with van der Waals surface area (Å²) in [6.45, 7) is 2.23. The Morgan fingerprint density at radius 1 is 1.15 bits per heavy atom. The first-order valence-corrected chi connectivity index (χ1v) is 7.95. The first-order chi connectivity index (χ1) is 9.73. The minimum atomic E-state index is 0.399. The average Bonchev–Trinajstić information content (AvgIpc) is 2.44. The van der Waals surface area contributed by atoms with Gasteiger partial charge in [0.2, 0.25) is 0 Å². The van der Waals surface area contributed by atoms with Crippen LogP contribution >= 0.6 is 0 Å². The Balaban J connectivity index is 1.54. The van der Waals surface area contributed by atoms with Gasteiger partial charge in [0, 0.05) is 17.3 Å². The van der Waals surface area contributed by atoms with Crippen LogP contribution in [0.4, 0.5) is 5.82 Å². The molecule has 5 rings (SSSR count). The van der Waals surface area contributed by atoms with Crippen molar-refractivity contribution in [3.05, 3.63) is 24.4 Å². The highest BCUT2D eigenvalue weighted by Gasteiger charge is 2.52. The minimum absolute atomic E-state index is 0.399. The van der Waals surface area contributed by atoms with Gasteiger partial charge in [0.15, 0.2) is 0 Å². The summed E-state index contributed by atoms with van der Waals surface area (Å²) in [5, 5.41) is 4.69. The van der Waals surface area contributed by atoms with Crippen molar-refractivity contribution in [2.75, 3.05) is 5.43 Å². The third-order valence-corrected chi connectivity index (χ3v) is 5.81. The van der Waals surface area contributed by atoms with Gasteiger partial charge in [0.25, 0.3) is 0 Å². The Morgan fingerprint density at radius 3 is 2.35 bits per heavy atom. The standard InChI is InChI=1S/C17H23N3/c1-12(19-20-16-4-2-3-5-18-16)17-9-13-6-14(10-17)8-15(7-13)11-17/h2-5,13-15H,6-11H2,1H3,(H,18,20)/b19-12-. The maximum atomic E-state index is 4.69. The molecule has 0 atom stereocenters. The molecule has 0 amide bonds. The number of aromatic nitrogens is 1. The minimum Gasteiger partial charge on any atom is -0.261 e. The first kappa shape index (κ1) is 12.4. The van der Waals surface area contributed by atoms with E-state index in [1.165, 1.54) is 44.2 Å². The van der Waals surface area contributed by atoms with Crippen molar-refractivity contribution in [3.63, 3.8) is 0 Å². The fourth-order valence-electron chi connectivity index (χ4n) is 5.24. The molecule has 0 saturated heterocycles. The Morgan fingerprint density at radius 2 is 1.80 bits per heavy atom. The van der Waals surface area contributed by atoms with Gasteiger partial charge in [-0.2, -0.15) is 5.10 Å². The lowest BCUT2D eigenvalue weighted by molar-refractivity contribution is -0.0126. The maximum Gasteiger partial charge on any atom is 0.146 e. The van der Waals surface area contributed by atoms with Gasteiger partial charge in [-0.25, -0.2) is 4.98 Å². The zero-order chi connectivity index (χ0) is 13.6. The van der Waals surface area contributed by atoms with Gasteiger partial charge in [-0.05, 0) is 75.3 Å². The Bertz CT molecular complexity index is 485. The van der Waals surface area contributed by atoms with Crippen molar-refractivity contribution in [1.82, 2.24) is 4.98 Å². The lowest BCUT2D eigenvalue weighted by Gasteiger charge is -2.56. The molecule has 20 heavy (non-hydrogen) atoms. The average molecular weight is 269 g/mol. The lowest BCUT2D eigenvalue weighted by atomic mass is 9.48. The molecule has 1 heterocycles. The summed E-state index contributed by atoms with van der Waals surface area (Å²) in [5.41, 5.74) is 4.85. The normalized spacial score (nSPS) is 39.0. The molecule has 3 heteroatoms. The van der Waals surface area contributed by atoms with Crippen LogP contribution in [-0.4, -0.2) is 10.7 Å². The van der Waals surface area contributed by atoms with Crippen molar-refractivity contribution in [2.24, 2.45) is 28.3 Å². The highest BCUT2D eigenvalue weighted by Crippen LogP contribution is 2.60. The van der Waals surface area contributed by atoms with Gasteiger partial charge in [0.1, 0.15) is 5.82 Å². The van der Waals surface area contributed by atoms with Gasteiger partial charge in [-0.1, -0.05) is 6.07 Å². The largest absolute Gasteiger partial charge is 0.261 e. The molecule has 3 nitrogen and oxygen atoms in total. The Kier molecular flexibility index (Phi) is 2.83. The number of nitrogens with one attached hydrogen (secondary N) is 1. The zero-order valence-corrected chi connectivity index (χ0v) is 12.2. The summed E-state index contributed by atoms with van der Waals surface area (Å²) in [6.07, 6.45) is 10.4. The predicted octanol–water partition coefficient (Wildman–Crippen LogP) is 4.09. The summed E-state index contributed by atoms with van der Waals surface area (Å²) < 4.78 is 0. The van der Waals surface area contributed by atoms with Crippen LogP contribution in [0.15, 0.2) is 29.5 Å². The SMILES string of the molecule is C/C(=N/Nc1ccccn1)C12CC3CC(CC(C3)C1)C2. The molecule has 1 aromatic rings. The number of nitrogens with zero attached hydrogens (tertiary/aromatic N) is 2. The fraction of sp³-hybridized carbons (Fsp3) is 0.647. The molecule has 1 N–H and O–H groups in total. The van der Waals surface area contributed by atoms with E-state index >= 15 is 0 Å². The monoisotopic (exact) mass is 269 g/mol. The molecular formula is C17H23N3. The van der Waals surface area contributed by atoms with Crippen LogP contribution in [0.2, 0.25) is 0 Å². The molecule has 0 aliphatic heterocycles. The fourth-order valence-corrected chi connectivity index (χ4v) is 5.24. The molecule has 0 aromatic carbocycles. The second-order valence-corrected chi connectivity index (χ2v) is 7.22. The molecule has 4 aliphatic rings. The van der Waals surface area contributed by atoms with Crippen LogP contribution in [-0.2, 0) is 0 Å². The van der Waals surface area contributed by atoms with Crippen LogP contribution < -0.4 is 5.43 Å². The first-order valence-electron chi connectivity index (χ1n) is 7.95. The van der Waals surface area contributed by atoms with E-state index in [4.69, 9.17) is 0 Å². The number of pyridine rings is 1. The third kappa shape index (κ3) is 2.04. The molecule has 1 aromatic heterocycles. The number of rotatable bonds is 3. The van der Waals surface area contributed by atoms with Gasteiger partial charge in [-0.15, -0.1) is 0 Å². The van der Waals surface area contributed by atoms with Crippen molar-refractivity contribution in [2.45, 2.75) is 45.4 Å². The highest BCUT2D eigenvalue weighted by molar-refractivity contribution is 5.89. The molecule has 4 fully saturated rings. The van der Waals surface area contributed by atoms with Crippen LogP contribution in [0.25, 0.3) is 0 Å². The molecule has 4 aliphatic carbocycles. The van der Waals surface area contributed by atoms with E-state index in [-0.39, 0.29) is 0 Å². The third-order valence-electron chi connectivity index (χ3n) is 5.81. The van der Waals surface area contributed by atoms with Gasteiger partial charge >= 0.3 is 0 Å². The molecule has 0 radical (unpaired) electrons. The van der Waals surface area contributed by atoms with E-state index < -0.39 is 0 Å². The summed E-state index contributed by atoms with van der Waals surface area (Å²) in [7, 11) is 0. The molecule has 4 bridgehead atoms. The van der Waals surface area contributed by atoms with Gasteiger partial charge < -0.3 is 0 Å². The Hall–Kier alpha value is -1.38. The van der Waals surface area contributed by atoms with Crippen LogP contribution in [0, 0.1) is 23.2 Å². The quantitative estimate of drug-likeness (QED) is 0.663. The second-order valence-electron chi connectivity index (χ2n) is 7.22. The van der Waals surface area contributed by atoms with Crippen molar-refractivity contribution in [3.8, 4) is 0 Å². The molecular weight excluding hydrogens is 246 g/mol. The topological polar surface area (TPSA) is 37.3 Å². The number of hydrogen-bond acceptors (Lipinski definition) is 3. The highest BCUT2D eigenvalue weighted by atomic mass is 15.3. The van der Waals surface area contributed by atoms with Crippen LogP contribution in [0.1, 0.15) is 45.4 Å². The van der Waals surface area contributed by atoms with Crippen molar-refractivity contribution >= 4 is 11.5 Å². The van der Waals surface area contributed by atoms with Gasteiger partial charge in [-0.3, -0.25) is 5.43 Å². The molecule has 106 valence electrons. The van der Waals surface area contributed by atoms with E-state index in [0.717, 1.165) is 23.6 Å². The van der Waals surface area contributed by atoms with E-state index in [1.807, 2.05) is 18.2 Å². The molecule has 0 unspecified atom stereocenters. The zero-order valence-electron chi connectivity index (χ0n) is 12.2. The smallest absolute Gasteiger partial charge is 0.146 e. The predicted molar refractivity (Wildman–Crippen MR) is 81.6 cm³/mol. The number of hydrogen-bond donors (Lipinski definition) is 1. The molecule has 4 saturated carbocycles. The van der Waals surface area contributed by atoms with Gasteiger partial charge in [0.05, 0.1) is 0 Å². The second kappa shape index (κ2) is 4.57. The van der Waals surface area contributed by atoms with Crippen molar-refractivity contribution in [1.29, 1.82) is 0 Å². The van der Waals surface area contributed by atoms with Crippen LogP contribution in [0.3, 0.4) is 0 Å². The lowest BCUT2D eigenvalue weighted by Crippen LogP contribution is -2.49. The number of anilines is 1. The summed E-state index contributed by atoms with van der Waals surface area (Å²) in [5.74, 6) is 3.76. The molecule has 0 spiro atoms. The van der Waals surface area contributed by atoms with E-state index in [0.29, 0.717) is 5.41 Å². The summed E-state index contributed by atoms with van der Waals surface area (Å²) >= 11 is 0.